The van der Waals surface area contributed by atoms with Crippen LogP contribution in [0.15, 0.2) is 30.5 Å². The van der Waals surface area contributed by atoms with Gasteiger partial charge in [0.15, 0.2) is 0 Å². The molecule has 0 radical (unpaired) electrons. The van der Waals surface area contributed by atoms with Gasteiger partial charge in [0.2, 0.25) is 0 Å². The summed E-state index contributed by atoms with van der Waals surface area (Å²) < 4.78 is 38.3. The lowest BCUT2D eigenvalue weighted by atomic mass is 10.1. The van der Waals surface area contributed by atoms with Gasteiger partial charge >= 0.3 is 12.1 Å². The summed E-state index contributed by atoms with van der Waals surface area (Å²) in [5.41, 5.74) is -0.728. The van der Waals surface area contributed by atoms with Crippen molar-refractivity contribution in [2.24, 2.45) is 0 Å². The third kappa shape index (κ3) is 2.47. The van der Waals surface area contributed by atoms with Gasteiger partial charge in [-0.3, -0.25) is 0 Å². The number of fused-ring (bicyclic) bond motifs is 1. The van der Waals surface area contributed by atoms with Crippen molar-refractivity contribution in [1.82, 2.24) is 4.98 Å². The Labute approximate surface area is 124 Å². The van der Waals surface area contributed by atoms with Crippen LogP contribution >= 0.6 is 0 Å². The minimum Gasteiger partial charge on any atom is -0.480 e. The van der Waals surface area contributed by atoms with E-state index in [9.17, 15) is 23.1 Å². The Balaban J connectivity index is 2.10. The highest BCUT2D eigenvalue weighted by molar-refractivity contribution is 5.94. The molecule has 1 aliphatic rings. The molecular weight excluding hydrogens is 297 g/mol. The van der Waals surface area contributed by atoms with Crippen LogP contribution in [0, 0.1) is 0 Å². The van der Waals surface area contributed by atoms with Gasteiger partial charge in [-0.25, -0.2) is 9.78 Å². The van der Waals surface area contributed by atoms with E-state index in [1.807, 2.05) is 0 Å². The van der Waals surface area contributed by atoms with Gasteiger partial charge in [0.1, 0.15) is 11.9 Å². The molecule has 1 aliphatic heterocycles. The highest BCUT2D eigenvalue weighted by Crippen LogP contribution is 2.35. The van der Waals surface area contributed by atoms with Gasteiger partial charge in [-0.2, -0.15) is 13.2 Å². The van der Waals surface area contributed by atoms with Crippen molar-refractivity contribution < 1.29 is 23.1 Å². The molecule has 1 aromatic carbocycles. The first kappa shape index (κ1) is 14.6. The normalized spacial score (nSPS) is 18.9. The molecule has 2 aromatic rings. The first-order valence-electron chi connectivity index (χ1n) is 6.83. The van der Waals surface area contributed by atoms with Gasteiger partial charge in [-0.1, -0.05) is 6.07 Å². The van der Waals surface area contributed by atoms with Crippen LogP contribution in [-0.4, -0.2) is 28.6 Å². The molecule has 1 saturated heterocycles. The number of aliphatic carboxylic acids is 1. The Bertz CT molecular complexity index is 730. The van der Waals surface area contributed by atoms with Crippen molar-refractivity contribution in [3.05, 3.63) is 36.0 Å². The van der Waals surface area contributed by atoms with Crippen molar-refractivity contribution >= 4 is 22.6 Å². The fourth-order valence-electron chi connectivity index (χ4n) is 2.84. The zero-order valence-electron chi connectivity index (χ0n) is 11.5. The molecule has 1 N–H and O–H groups in total. The average molecular weight is 310 g/mol. The first-order valence-corrected chi connectivity index (χ1v) is 6.83. The molecule has 4 nitrogen and oxygen atoms in total. The van der Waals surface area contributed by atoms with E-state index < -0.39 is 23.8 Å². The van der Waals surface area contributed by atoms with Crippen LogP contribution < -0.4 is 4.90 Å². The van der Waals surface area contributed by atoms with Crippen molar-refractivity contribution in [2.75, 3.05) is 11.4 Å². The maximum atomic E-state index is 12.8. The van der Waals surface area contributed by atoms with Crippen LogP contribution in [0.5, 0.6) is 0 Å². The lowest BCUT2D eigenvalue weighted by Crippen LogP contribution is -2.36. The number of rotatable bonds is 2. The number of aromatic nitrogens is 1. The number of anilines is 1. The number of hydrogen-bond donors (Lipinski definition) is 1. The number of halogens is 3. The standard InChI is InChI=1S/C15H13F3N2O2/c16-15(17,18)10-3-4-11-9(8-10)5-6-19-13(11)20-7-1-2-12(20)14(21)22/h3-6,8,12H,1-2,7H2,(H,21,22)/t12-/m0/s1. The van der Waals surface area contributed by atoms with Crippen LogP contribution in [-0.2, 0) is 11.0 Å². The molecule has 1 fully saturated rings. The van der Waals surface area contributed by atoms with Crippen molar-refractivity contribution in [2.45, 2.75) is 25.1 Å². The topological polar surface area (TPSA) is 53.4 Å². The first-order chi connectivity index (χ1) is 10.4. The molecule has 0 amide bonds. The van der Waals surface area contributed by atoms with Crippen molar-refractivity contribution in [3.8, 4) is 0 Å². The monoisotopic (exact) mass is 310 g/mol. The Morgan fingerprint density at radius 1 is 1.32 bits per heavy atom. The van der Waals surface area contributed by atoms with Gasteiger partial charge in [0, 0.05) is 18.1 Å². The number of carboxylic acid groups (broad SMARTS) is 1. The molecule has 1 aromatic heterocycles. The molecule has 2 heterocycles. The van der Waals surface area contributed by atoms with E-state index in [2.05, 4.69) is 4.98 Å². The highest BCUT2D eigenvalue weighted by atomic mass is 19.4. The minimum atomic E-state index is -4.41. The van der Waals surface area contributed by atoms with E-state index in [-0.39, 0.29) is 0 Å². The Hall–Kier alpha value is -2.31. The maximum absolute atomic E-state index is 12.8. The predicted molar refractivity (Wildman–Crippen MR) is 74.7 cm³/mol. The van der Waals surface area contributed by atoms with Gasteiger partial charge in [-0.05, 0) is 36.4 Å². The molecule has 116 valence electrons. The second-order valence-corrected chi connectivity index (χ2v) is 5.26. The fraction of sp³-hybridized carbons (Fsp3) is 0.333. The van der Waals surface area contributed by atoms with Crippen LogP contribution in [0.25, 0.3) is 10.8 Å². The summed E-state index contributed by atoms with van der Waals surface area (Å²) >= 11 is 0. The Morgan fingerprint density at radius 3 is 2.77 bits per heavy atom. The van der Waals surface area contributed by atoms with E-state index in [4.69, 9.17) is 0 Å². The van der Waals surface area contributed by atoms with Gasteiger partial charge < -0.3 is 10.0 Å². The van der Waals surface area contributed by atoms with Gasteiger partial charge in [0.05, 0.1) is 5.56 Å². The van der Waals surface area contributed by atoms with E-state index in [0.29, 0.717) is 29.6 Å². The second kappa shape index (κ2) is 5.15. The van der Waals surface area contributed by atoms with Gasteiger partial charge in [0.25, 0.3) is 0 Å². The lowest BCUT2D eigenvalue weighted by molar-refractivity contribution is -0.138. The summed E-state index contributed by atoms with van der Waals surface area (Å²) in [5.74, 6) is -0.515. The third-order valence-corrected chi connectivity index (χ3v) is 3.88. The summed E-state index contributed by atoms with van der Waals surface area (Å²) in [5, 5.41) is 10.2. The van der Waals surface area contributed by atoms with E-state index in [1.165, 1.54) is 18.3 Å². The largest absolute Gasteiger partial charge is 0.480 e. The van der Waals surface area contributed by atoms with Crippen LogP contribution in [0.4, 0.5) is 19.0 Å². The lowest BCUT2D eigenvalue weighted by Gasteiger charge is -2.24. The maximum Gasteiger partial charge on any atom is 0.416 e. The number of carbonyl (C=O) groups is 1. The zero-order chi connectivity index (χ0) is 15.9. The summed E-state index contributed by atoms with van der Waals surface area (Å²) in [6, 6.07) is 4.24. The van der Waals surface area contributed by atoms with E-state index >= 15 is 0 Å². The third-order valence-electron chi connectivity index (χ3n) is 3.88. The summed E-state index contributed by atoms with van der Waals surface area (Å²) in [6.07, 6.45) is -1.77. The minimum absolute atomic E-state index is 0.399. The molecule has 0 bridgehead atoms. The number of carboxylic acids is 1. The molecular formula is C15H13F3N2O2. The molecule has 0 unspecified atom stereocenters. The smallest absolute Gasteiger partial charge is 0.416 e. The summed E-state index contributed by atoms with van der Waals surface area (Å²) in [7, 11) is 0. The van der Waals surface area contributed by atoms with Crippen molar-refractivity contribution in [1.29, 1.82) is 0 Å². The SMILES string of the molecule is O=C(O)[C@@H]1CCCN1c1nccc2cc(C(F)(F)F)ccc12. The summed E-state index contributed by atoms with van der Waals surface area (Å²) in [6.45, 7) is 0.532. The molecule has 0 aliphatic carbocycles. The van der Waals surface area contributed by atoms with Crippen LogP contribution in [0.2, 0.25) is 0 Å². The predicted octanol–water partition coefficient (Wildman–Crippen LogP) is 3.31. The molecule has 3 rings (SSSR count). The second-order valence-electron chi connectivity index (χ2n) is 5.26. The number of benzene rings is 1. The van der Waals surface area contributed by atoms with E-state index in [0.717, 1.165) is 18.6 Å². The van der Waals surface area contributed by atoms with Crippen molar-refractivity contribution in [3.63, 3.8) is 0 Å². The fourth-order valence-corrected chi connectivity index (χ4v) is 2.84. The Kier molecular flexibility index (Phi) is 3.42. The van der Waals surface area contributed by atoms with Crippen LogP contribution in [0.3, 0.4) is 0 Å². The molecule has 0 spiro atoms. The Morgan fingerprint density at radius 2 is 2.09 bits per heavy atom. The number of nitrogens with zero attached hydrogens (tertiary/aromatic N) is 2. The number of hydrogen-bond acceptors (Lipinski definition) is 3. The number of alkyl halides is 3. The zero-order valence-corrected chi connectivity index (χ0v) is 11.5. The number of pyridine rings is 1. The molecule has 22 heavy (non-hydrogen) atoms. The van der Waals surface area contributed by atoms with E-state index in [1.54, 1.807) is 4.90 Å². The quantitative estimate of drug-likeness (QED) is 0.924. The van der Waals surface area contributed by atoms with Crippen LogP contribution in [0.1, 0.15) is 18.4 Å². The molecule has 7 heteroatoms. The molecule has 0 saturated carbocycles. The van der Waals surface area contributed by atoms with Gasteiger partial charge in [-0.15, -0.1) is 0 Å². The average Bonchev–Trinajstić information content (AvgIpc) is 2.94. The highest BCUT2D eigenvalue weighted by Gasteiger charge is 2.33. The summed E-state index contributed by atoms with van der Waals surface area (Å²) in [4.78, 5) is 17.1. The molecule has 1 atom stereocenters.